The number of hydrogen-bond donors (Lipinski definition) is 3. The molecule has 5 heteroatoms. The molecule has 0 spiro atoms. The van der Waals surface area contributed by atoms with Gasteiger partial charge in [-0.3, -0.25) is 0 Å². The maximum absolute atomic E-state index is 10.4. The third kappa shape index (κ3) is 3.57. The Morgan fingerprint density at radius 2 is 2.29 bits per heavy atom. The molecular formula is C19H27N3O2. The van der Waals surface area contributed by atoms with Gasteiger partial charge in [-0.2, -0.15) is 0 Å². The van der Waals surface area contributed by atoms with Crippen LogP contribution in [-0.2, 0) is 4.74 Å². The molecule has 1 aromatic carbocycles. The molecule has 0 aromatic heterocycles. The topological polar surface area (TPSA) is 56.8 Å². The highest BCUT2D eigenvalue weighted by atomic mass is 16.5. The van der Waals surface area contributed by atoms with Crippen LogP contribution in [0.25, 0.3) is 24.2 Å². The van der Waals surface area contributed by atoms with Gasteiger partial charge in [-0.15, -0.1) is 0 Å². The fourth-order valence-electron chi connectivity index (χ4n) is 3.25. The van der Waals surface area contributed by atoms with Crippen molar-refractivity contribution >= 4 is 24.2 Å². The summed E-state index contributed by atoms with van der Waals surface area (Å²) in [7, 11) is 1.65. The predicted molar refractivity (Wildman–Crippen MR) is 97.9 cm³/mol. The van der Waals surface area contributed by atoms with Gasteiger partial charge in [-0.1, -0.05) is 18.2 Å². The first-order valence-electron chi connectivity index (χ1n) is 8.61. The minimum atomic E-state index is 0.205. The van der Waals surface area contributed by atoms with Gasteiger partial charge in [0.1, 0.15) is 0 Å². The summed E-state index contributed by atoms with van der Waals surface area (Å²) < 4.78 is 5.02. The second kappa shape index (κ2) is 7.73. The molecule has 3 rings (SSSR count). The molecule has 1 aromatic rings. The summed E-state index contributed by atoms with van der Waals surface area (Å²) in [5.41, 5.74) is 0. The van der Waals surface area contributed by atoms with Gasteiger partial charge in [-0.25, -0.2) is 0 Å². The zero-order valence-electron chi connectivity index (χ0n) is 14.5. The average molecular weight is 329 g/mol. The highest BCUT2D eigenvalue weighted by molar-refractivity contribution is 5.44. The fourth-order valence-corrected chi connectivity index (χ4v) is 3.25. The van der Waals surface area contributed by atoms with Crippen molar-refractivity contribution in [1.82, 2.24) is 15.5 Å². The quantitative estimate of drug-likeness (QED) is 0.549. The van der Waals surface area contributed by atoms with E-state index in [-0.39, 0.29) is 5.88 Å². The van der Waals surface area contributed by atoms with Gasteiger partial charge in [0.05, 0.1) is 6.61 Å². The molecule has 0 bridgehead atoms. The Labute approximate surface area is 142 Å². The van der Waals surface area contributed by atoms with Crippen LogP contribution in [-0.4, -0.2) is 56.4 Å². The first-order valence-corrected chi connectivity index (χ1v) is 8.61. The Hall–Kier alpha value is -1.98. The van der Waals surface area contributed by atoms with E-state index in [1.54, 1.807) is 7.11 Å². The highest BCUT2D eigenvalue weighted by Crippen LogP contribution is 2.06. The van der Waals surface area contributed by atoms with E-state index in [4.69, 9.17) is 4.74 Å². The second-order valence-corrected chi connectivity index (χ2v) is 6.40. The number of benzene rings is 1. The number of aliphatic hydroxyl groups excluding tert-OH is 1. The summed E-state index contributed by atoms with van der Waals surface area (Å²) in [4.78, 5) is 2.38. The first kappa shape index (κ1) is 16.9. The fraction of sp³-hybridized carbons (Fsp3) is 0.474. The molecule has 0 amide bonds. The largest absolute Gasteiger partial charge is 0.494 e. The highest BCUT2D eigenvalue weighted by Gasteiger charge is 2.19. The van der Waals surface area contributed by atoms with Gasteiger partial charge in [0.25, 0.3) is 0 Å². The molecule has 0 saturated carbocycles. The minimum Gasteiger partial charge on any atom is -0.494 e. The standard InChI is InChI=1S/C19H27N3O2/c1-3-16-17(19(23)21-7-9-24-2)5-4-15-6-8-22(13-18(15)16)12-14-10-20-11-14/h3-6,13-14,20-21,23H,7-12H2,1-2H3. The lowest BCUT2D eigenvalue weighted by Gasteiger charge is -2.33. The van der Waals surface area contributed by atoms with E-state index >= 15 is 0 Å². The van der Waals surface area contributed by atoms with Gasteiger partial charge in [-0.05, 0) is 23.4 Å². The van der Waals surface area contributed by atoms with Gasteiger partial charge in [0.15, 0.2) is 5.88 Å². The summed E-state index contributed by atoms with van der Waals surface area (Å²) in [6.45, 7) is 7.42. The summed E-state index contributed by atoms with van der Waals surface area (Å²) in [5, 5.41) is 21.1. The number of aliphatic hydroxyl groups is 1. The summed E-state index contributed by atoms with van der Waals surface area (Å²) in [5.74, 6) is 0.945. The van der Waals surface area contributed by atoms with Crippen LogP contribution in [0.2, 0.25) is 0 Å². The average Bonchev–Trinajstić information content (AvgIpc) is 2.57. The maximum atomic E-state index is 10.4. The number of fused-ring (bicyclic) bond motifs is 1. The van der Waals surface area contributed by atoms with Crippen molar-refractivity contribution in [1.29, 1.82) is 0 Å². The van der Waals surface area contributed by atoms with Crippen LogP contribution in [0.4, 0.5) is 0 Å². The van der Waals surface area contributed by atoms with E-state index in [2.05, 4.69) is 40.0 Å². The lowest BCUT2D eigenvalue weighted by atomic mass is 10.0. The van der Waals surface area contributed by atoms with Crippen molar-refractivity contribution in [2.75, 3.05) is 46.4 Å². The van der Waals surface area contributed by atoms with E-state index in [9.17, 15) is 5.11 Å². The zero-order valence-corrected chi connectivity index (χ0v) is 14.5. The normalized spacial score (nSPS) is 19.1. The van der Waals surface area contributed by atoms with Crippen LogP contribution in [0.1, 0.15) is 6.92 Å². The molecule has 0 unspecified atom stereocenters. The zero-order chi connectivity index (χ0) is 16.9. The van der Waals surface area contributed by atoms with Crippen molar-refractivity contribution in [3.05, 3.63) is 33.0 Å². The number of nitrogens with one attached hydrogen (secondary N) is 2. The SMILES string of the molecule is CC=c1c(=C(O)NCCOC)ccc2c1=CN(CC1CNC1)CC=2. The van der Waals surface area contributed by atoms with E-state index in [0.717, 1.165) is 42.5 Å². The minimum absolute atomic E-state index is 0.205. The molecule has 0 radical (unpaired) electrons. The molecule has 0 atom stereocenters. The van der Waals surface area contributed by atoms with Crippen LogP contribution in [0.3, 0.4) is 0 Å². The second-order valence-electron chi connectivity index (χ2n) is 6.40. The van der Waals surface area contributed by atoms with E-state index in [0.29, 0.717) is 13.2 Å². The van der Waals surface area contributed by atoms with Crippen molar-refractivity contribution in [3.8, 4) is 0 Å². The molecule has 0 aliphatic carbocycles. The number of hydrogen-bond acceptors (Lipinski definition) is 5. The number of methoxy groups -OCH3 is 1. The molecule has 3 N–H and O–H groups in total. The summed E-state index contributed by atoms with van der Waals surface area (Å²) in [6, 6.07) is 4.07. The Bertz CT molecular complexity index is 812. The first-order chi connectivity index (χ1) is 11.7. The lowest BCUT2D eigenvalue weighted by Crippen LogP contribution is -2.54. The molecule has 2 heterocycles. The summed E-state index contributed by atoms with van der Waals surface area (Å²) >= 11 is 0. The van der Waals surface area contributed by atoms with Crippen LogP contribution < -0.4 is 31.5 Å². The molecular weight excluding hydrogens is 302 g/mol. The van der Waals surface area contributed by atoms with Gasteiger partial charge in [0.2, 0.25) is 0 Å². The lowest BCUT2D eigenvalue weighted by molar-refractivity contribution is 0.200. The third-order valence-electron chi connectivity index (χ3n) is 4.68. The number of ether oxygens (including phenoxy) is 1. The van der Waals surface area contributed by atoms with Crippen molar-refractivity contribution in [2.24, 2.45) is 5.92 Å². The van der Waals surface area contributed by atoms with Crippen molar-refractivity contribution in [3.63, 3.8) is 0 Å². The van der Waals surface area contributed by atoms with E-state index in [1.807, 2.05) is 13.0 Å². The Morgan fingerprint density at radius 1 is 1.46 bits per heavy atom. The molecule has 5 nitrogen and oxygen atoms in total. The van der Waals surface area contributed by atoms with Crippen LogP contribution in [0.5, 0.6) is 0 Å². The number of nitrogens with zero attached hydrogens (tertiary/aromatic N) is 1. The van der Waals surface area contributed by atoms with E-state index < -0.39 is 0 Å². The van der Waals surface area contributed by atoms with Gasteiger partial charge >= 0.3 is 0 Å². The Balaban J connectivity index is 1.99. The third-order valence-corrected chi connectivity index (χ3v) is 4.68. The summed E-state index contributed by atoms with van der Waals surface area (Å²) in [6.07, 6.45) is 6.59. The van der Waals surface area contributed by atoms with Crippen LogP contribution in [0, 0.1) is 5.92 Å². The van der Waals surface area contributed by atoms with E-state index in [1.165, 1.54) is 10.4 Å². The molecule has 2 aliphatic heterocycles. The Kier molecular flexibility index (Phi) is 5.43. The monoisotopic (exact) mass is 329 g/mol. The molecule has 1 saturated heterocycles. The van der Waals surface area contributed by atoms with Crippen molar-refractivity contribution in [2.45, 2.75) is 6.92 Å². The van der Waals surface area contributed by atoms with Crippen molar-refractivity contribution < 1.29 is 9.84 Å². The smallest absolute Gasteiger partial charge is 0.192 e. The van der Waals surface area contributed by atoms with Crippen LogP contribution in [0.15, 0.2) is 12.1 Å². The van der Waals surface area contributed by atoms with Crippen LogP contribution >= 0.6 is 0 Å². The molecule has 130 valence electrons. The molecule has 1 fully saturated rings. The molecule has 24 heavy (non-hydrogen) atoms. The number of rotatable bonds is 6. The predicted octanol–water partition coefficient (Wildman–Crippen LogP) is -1.60. The molecule has 2 aliphatic rings. The van der Waals surface area contributed by atoms with Gasteiger partial charge in [0, 0.05) is 62.4 Å². The Morgan fingerprint density at radius 3 is 2.96 bits per heavy atom. The van der Waals surface area contributed by atoms with Gasteiger partial charge < -0.3 is 25.4 Å². The maximum Gasteiger partial charge on any atom is 0.192 e.